The van der Waals surface area contributed by atoms with E-state index in [0.29, 0.717) is 12.5 Å². The van der Waals surface area contributed by atoms with E-state index in [0.717, 1.165) is 36.3 Å². The standard InChI is InChI=1S/C20H23NO2/c22-20(21-17-8-2-1-3-9-17)14-13-16-7-6-12-19(15-16)23-18-10-4-5-11-18/h1-3,6-9,12,15,18H,4-5,10-11,13-14H2,(H,21,22). The molecule has 0 saturated heterocycles. The summed E-state index contributed by atoms with van der Waals surface area (Å²) in [6.07, 6.45) is 6.41. The zero-order valence-corrected chi connectivity index (χ0v) is 13.3. The molecule has 1 fully saturated rings. The molecule has 0 unspecified atom stereocenters. The van der Waals surface area contributed by atoms with E-state index in [1.165, 1.54) is 12.8 Å². The van der Waals surface area contributed by atoms with Gasteiger partial charge in [0.15, 0.2) is 0 Å². The van der Waals surface area contributed by atoms with Crippen molar-refractivity contribution in [1.82, 2.24) is 0 Å². The van der Waals surface area contributed by atoms with E-state index >= 15 is 0 Å². The first-order chi connectivity index (χ1) is 11.3. The molecular weight excluding hydrogens is 286 g/mol. The van der Waals surface area contributed by atoms with Crippen molar-refractivity contribution in [3.8, 4) is 5.75 Å². The van der Waals surface area contributed by atoms with Gasteiger partial charge in [0, 0.05) is 12.1 Å². The largest absolute Gasteiger partial charge is 0.490 e. The molecule has 1 aliphatic carbocycles. The molecule has 3 heteroatoms. The van der Waals surface area contributed by atoms with Crippen LogP contribution in [0.15, 0.2) is 54.6 Å². The first-order valence-electron chi connectivity index (χ1n) is 8.40. The maximum atomic E-state index is 12.0. The monoisotopic (exact) mass is 309 g/mol. The molecule has 3 nitrogen and oxygen atoms in total. The summed E-state index contributed by atoms with van der Waals surface area (Å²) in [4.78, 5) is 12.0. The Morgan fingerprint density at radius 3 is 2.61 bits per heavy atom. The molecule has 0 radical (unpaired) electrons. The van der Waals surface area contributed by atoms with Crippen molar-refractivity contribution in [2.45, 2.75) is 44.6 Å². The number of anilines is 1. The van der Waals surface area contributed by atoms with E-state index in [4.69, 9.17) is 4.74 Å². The number of aryl methyl sites for hydroxylation is 1. The molecular formula is C20H23NO2. The first kappa shape index (κ1) is 15.6. The van der Waals surface area contributed by atoms with Crippen LogP contribution in [0.4, 0.5) is 5.69 Å². The number of nitrogens with one attached hydrogen (secondary N) is 1. The molecule has 0 aromatic heterocycles. The summed E-state index contributed by atoms with van der Waals surface area (Å²) in [5.41, 5.74) is 1.99. The van der Waals surface area contributed by atoms with Crippen molar-refractivity contribution in [2.24, 2.45) is 0 Å². The Morgan fingerprint density at radius 2 is 1.83 bits per heavy atom. The minimum Gasteiger partial charge on any atom is -0.490 e. The summed E-state index contributed by atoms with van der Waals surface area (Å²) in [7, 11) is 0. The number of hydrogen-bond acceptors (Lipinski definition) is 2. The van der Waals surface area contributed by atoms with E-state index in [9.17, 15) is 4.79 Å². The molecule has 3 rings (SSSR count). The molecule has 1 aliphatic rings. The highest BCUT2D eigenvalue weighted by atomic mass is 16.5. The van der Waals surface area contributed by atoms with Gasteiger partial charge in [-0.3, -0.25) is 4.79 Å². The third-order valence-corrected chi connectivity index (χ3v) is 4.20. The summed E-state index contributed by atoms with van der Waals surface area (Å²) < 4.78 is 6.02. The lowest BCUT2D eigenvalue weighted by molar-refractivity contribution is -0.116. The second-order valence-corrected chi connectivity index (χ2v) is 6.09. The van der Waals surface area contributed by atoms with Crippen LogP contribution in [0.3, 0.4) is 0 Å². The lowest BCUT2D eigenvalue weighted by atomic mass is 10.1. The highest BCUT2D eigenvalue weighted by Crippen LogP contribution is 2.24. The van der Waals surface area contributed by atoms with Crippen LogP contribution in [0.1, 0.15) is 37.7 Å². The zero-order chi connectivity index (χ0) is 15.9. The minimum atomic E-state index is 0.0401. The topological polar surface area (TPSA) is 38.3 Å². The Labute approximate surface area is 137 Å². The Balaban J connectivity index is 1.50. The summed E-state index contributed by atoms with van der Waals surface area (Å²) in [5, 5.41) is 2.92. The predicted octanol–water partition coefficient (Wildman–Crippen LogP) is 4.58. The van der Waals surface area contributed by atoms with Gasteiger partial charge in [0.1, 0.15) is 5.75 Å². The smallest absolute Gasteiger partial charge is 0.224 e. The molecule has 0 atom stereocenters. The van der Waals surface area contributed by atoms with Crippen molar-refractivity contribution in [1.29, 1.82) is 0 Å². The Hall–Kier alpha value is -2.29. The summed E-state index contributed by atoms with van der Waals surface area (Å²) in [6, 6.07) is 17.7. The number of benzene rings is 2. The number of carbonyl (C=O) groups excluding carboxylic acids is 1. The lowest BCUT2D eigenvalue weighted by Crippen LogP contribution is -2.12. The number of para-hydroxylation sites is 1. The summed E-state index contributed by atoms with van der Waals surface area (Å²) in [6.45, 7) is 0. The van der Waals surface area contributed by atoms with Crippen molar-refractivity contribution in [3.63, 3.8) is 0 Å². The Kier molecular flexibility index (Phi) is 5.30. The van der Waals surface area contributed by atoms with E-state index in [1.807, 2.05) is 42.5 Å². The highest BCUT2D eigenvalue weighted by Gasteiger charge is 2.16. The minimum absolute atomic E-state index is 0.0401. The molecule has 0 bridgehead atoms. The van der Waals surface area contributed by atoms with Gasteiger partial charge >= 0.3 is 0 Å². The van der Waals surface area contributed by atoms with Gasteiger partial charge in [0.25, 0.3) is 0 Å². The average molecular weight is 309 g/mol. The summed E-state index contributed by atoms with van der Waals surface area (Å²) in [5.74, 6) is 0.969. The van der Waals surface area contributed by atoms with E-state index < -0.39 is 0 Å². The van der Waals surface area contributed by atoms with E-state index in [-0.39, 0.29) is 5.91 Å². The quantitative estimate of drug-likeness (QED) is 0.848. The van der Waals surface area contributed by atoms with Crippen molar-refractivity contribution < 1.29 is 9.53 Å². The normalized spacial score (nSPS) is 14.6. The van der Waals surface area contributed by atoms with Gasteiger partial charge in [0.05, 0.1) is 6.10 Å². The van der Waals surface area contributed by atoms with Gasteiger partial charge in [-0.2, -0.15) is 0 Å². The van der Waals surface area contributed by atoms with Crippen LogP contribution in [0.25, 0.3) is 0 Å². The van der Waals surface area contributed by atoms with Gasteiger partial charge in [-0.1, -0.05) is 30.3 Å². The fraction of sp³-hybridized carbons (Fsp3) is 0.350. The van der Waals surface area contributed by atoms with Gasteiger partial charge in [0.2, 0.25) is 5.91 Å². The maximum absolute atomic E-state index is 12.0. The lowest BCUT2D eigenvalue weighted by Gasteiger charge is -2.13. The number of hydrogen-bond donors (Lipinski definition) is 1. The van der Waals surface area contributed by atoms with Gasteiger partial charge < -0.3 is 10.1 Å². The molecule has 2 aromatic carbocycles. The van der Waals surface area contributed by atoms with E-state index in [1.54, 1.807) is 0 Å². The van der Waals surface area contributed by atoms with Crippen molar-refractivity contribution >= 4 is 11.6 Å². The van der Waals surface area contributed by atoms with Crippen LogP contribution in [0.5, 0.6) is 5.75 Å². The first-order valence-corrected chi connectivity index (χ1v) is 8.40. The SMILES string of the molecule is O=C(CCc1cccc(OC2CCCC2)c1)Nc1ccccc1. The maximum Gasteiger partial charge on any atom is 0.224 e. The van der Waals surface area contributed by atoms with Crippen molar-refractivity contribution in [2.75, 3.05) is 5.32 Å². The van der Waals surface area contributed by atoms with Crippen LogP contribution in [0.2, 0.25) is 0 Å². The van der Waals surface area contributed by atoms with Gasteiger partial charge in [-0.25, -0.2) is 0 Å². The van der Waals surface area contributed by atoms with E-state index in [2.05, 4.69) is 17.4 Å². The molecule has 0 aliphatic heterocycles. The predicted molar refractivity (Wildman–Crippen MR) is 92.7 cm³/mol. The molecule has 1 saturated carbocycles. The molecule has 2 aromatic rings. The summed E-state index contributed by atoms with van der Waals surface area (Å²) >= 11 is 0. The van der Waals surface area contributed by atoms with Gasteiger partial charge in [-0.05, 0) is 61.9 Å². The fourth-order valence-corrected chi connectivity index (χ4v) is 2.98. The molecule has 1 N–H and O–H groups in total. The van der Waals surface area contributed by atoms with Crippen LogP contribution < -0.4 is 10.1 Å². The number of carbonyl (C=O) groups is 1. The molecule has 0 heterocycles. The highest BCUT2D eigenvalue weighted by molar-refractivity contribution is 5.90. The average Bonchev–Trinajstić information content (AvgIpc) is 3.07. The third-order valence-electron chi connectivity index (χ3n) is 4.20. The number of rotatable bonds is 6. The van der Waals surface area contributed by atoms with Crippen LogP contribution in [-0.2, 0) is 11.2 Å². The molecule has 1 amide bonds. The van der Waals surface area contributed by atoms with Crippen LogP contribution in [-0.4, -0.2) is 12.0 Å². The zero-order valence-electron chi connectivity index (χ0n) is 13.3. The molecule has 120 valence electrons. The van der Waals surface area contributed by atoms with Crippen molar-refractivity contribution in [3.05, 3.63) is 60.2 Å². The molecule has 23 heavy (non-hydrogen) atoms. The Morgan fingerprint density at radius 1 is 1.04 bits per heavy atom. The molecule has 0 spiro atoms. The Bertz CT molecular complexity index is 633. The third kappa shape index (κ3) is 4.85. The van der Waals surface area contributed by atoms with Gasteiger partial charge in [-0.15, -0.1) is 0 Å². The van der Waals surface area contributed by atoms with Crippen LogP contribution >= 0.6 is 0 Å². The fourth-order valence-electron chi connectivity index (χ4n) is 2.98. The number of amides is 1. The second-order valence-electron chi connectivity index (χ2n) is 6.09. The second kappa shape index (κ2) is 7.82. The van der Waals surface area contributed by atoms with Crippen LogP contribution in [0, 0.1) is 0 Å². The number of ether oxygens (including phenoxy) is 1.